The zero-order valence-corrected chi connectivity index (χ0v) is 21.4. The van der Waals surface area contributed by atoms with E-state index < -0.39 is 0 Å². The highest BCUT2D eigenvalue weighted by atomic mass is 79.9. The van der Waals surface area contributed by atoms with Crippen molar-refractivity contribution in [2.45, 2.75) is 14.4 Å². The Morgan fingerprint density at radius 2 is 1.90 bits per heavy atom. The molecule has 2 aromatic carbocycles. The lowest BCUT2D eigenvalue weighted by atomic mass is 10.2. The average molecular weight is 609 g/mol. The molecule has 0 saturated heterocycles. The number of hydrazone groups is 1. The summed E-state index contributed by atoms with van der Waals surface area (Å²) in [6, 6.07) is 11.1. The van der Waals surface area contributed by atoms with Crippen molar-refractivity contribution in [2.24, 2.45) is 5.10 Å². The highest BCUT2D eigenvalue weighted by Crippen LogP contribution is 2.31. The van der Waals surface area contributed by atoms with Crippen LogP contribution in [-0.2, 0) is 10.5 Å². The number of aromatic nitrogens is 2. The van der Waals surface area contributed by atoms with Crippen molar-refractivity contribution in [1.29, 1.82) is 0 Å². The lowest BCUT2D eigenvalue weighted by Crippen LogP contribution is -2.19. The third-order valence-corrected chi connectivity index (χ3v) is 8.02. The fraction of sp³-hybridized carbons (Fsp3) is 0.111. The van der Waals surface area contributed by atoms with Crippen LogP contribution in [0.3, 0.4) is 0 Å². The minimum absolute atomic E-state index is 0.0445. The third-order valence-electron chi connectivity index (χ3n) is 3.44. The van der Waals surface area contributed by atoms with E-state index in [1.807, 2.05) is 24.3 Å². The predicted molar refractivity (Wildman–Crippen MR) is 131 cm³/mol. The van der Waals surface area contributed by atoms with Gasteiger partial charge in [0.15, 0.2) is 8.68 Å². The number of phenols is 1. The molecule has 2 N–H and O–H groups in total. The monoisotopic (exact) mass is 606 g/mol. The summed E-state index contributed by atoms with van der Waals surface area (Å²) in [5.74, 6) is 0.685. The second kappa shape index (κ2) is 11.5. The number of halogens is 3. The van der Waals surface area contributed by atoms with Gasteiger partial charge in [-0.25, -0.2) is 5.43 Å². The van der Waals surface area contributed by atoms with Gasteiger partial charge < -0.3 is 5.11 Å². The topological polar surface area (TPSA) is 87.5 Å². The van der Waals surface area contributed by atoms with Crippen molar-refractivity contribution >= 4 is 90.4 Å². The maximum atomic E-state index is 12.0. The normalized spacial score (nSPS) is 11.2. The number of hydrogen-bond acceptors (Lipinski definition) is 8. The summed E-state index contributed by atoms with van der Waals surface area (Å²) in [4.78, 5) is 12.0. The van der Waals surface area contributed by atoms with Gasteiger partial charge >= 0.3 is 0 Å². The highest BCUT2D eigenvalue weighted by Gasteiger charge is 2.09. The van der Waals surface area contributed by atoms with Gasteiger partial charge in [-0.1, -0.05) is 74.5 Å². The molecule has 0 unspecified atom stereocenters. The summed E-state index contributed by atoms with van der Waals surface area (Å²) in [7, 11) is 0. The van der Waals surface area contributed by atoms with Crippen LogP contribution in [-0.4, -0.2) is 33.2 Å². The SMILES string of the molecule is O=C(CSc1nnc(SCc2ccc(Cl)cc2)s1)N/N=C\c1cc(Br)cc(Br)c1O. The molecule has 1 aromatic heterocycles. The summed E-state index contributed by atoms with van der Waals surface area (Å²) in [5.41, 5.74) is 4.05. The highest BCUT2D eigenvalue weighted by molar-refractivity contribution is 9.11. The van der Waals surface area contributed by atoms with E-state index in [-0.39, 0.29) is 17.4 Å². The number of rotatable bonds is 8. The molecular formula is C18H13Br2ClN4O2S3. The Kier molecular flexibility index (Phi) is 9.02. The molecule has 1 heterocycles. The molecule has 0 radical (unpaired) electrons. The predicted octanol–water partition coefficient (Wildman–Crippen LogP) is 5.96. The van der Waals surface area contributed by atoms with Gasteiger partial charge in [-0.3, -0.25) is 4.79 Å². The van der Waals surface area contributed by atoms with Gasteiger partial charge in [-0.05, 0) is 45.8 Å². The van der Waals surface area contributed by atoms with Crippen LogP contribution in [0.4, 0.5) is 0 Å². The standard InChI is InChI=1S/C18H13Br2ClN4O2S3/c19-12-5-11(16(27)14(20)6-12)7-22-23-15(26)9-29-18-25-24-17(30-18)28-8-10-1-3-13(21)4-2-10/h1-7,27H,8-9H2,(H,23,26)/b22-7-. The van der Waals surface area contributed by atoms with Crippen LogP contribution in [0.1, 0.15) is 11.1 Å². The first kappa shape index (κ1) is 23.6. The smallest absolute Gasteiger partial charge is 0.250 e. The molecule has 0 aliphatic carbocycles. The first-order valence-electron chi connectivity index (χ1n) is 8.24. The number of amides is 1. The van der Waals surface area contributed by atoms with Crippen LogP contribution < -0.4 is 5.43 Å². The molecule has 3 aromatic rings. The quantitative estimate of drug-likeness (QED) is 0.187. The number of carbonyl (C=O) groups is 1. The van der Waals surface area contributed by atoms with E-state index in [4.69, 9.17) is 11.6 Å². The minimum Gasteiger partial charge on any atom is -0.506 e. The molecule has 6 nitrogen and oxygen atoms in total. The van der Waals surface area contributed by atoms with Gasteiger partial charge in [0.05, 0.1) is 16.4 Å². The van der Waals surface area contributed by atoms with Crippen molar-refractivity contribution in [3.05, 3.63) is 61.5 Å². The maximum absolute atomic E-state index is 12.0. The fourth-order valence-electron chi connectivity index (χ4n) is 2.06. The Bertz CT molecular complexity index is 1060. The van der Waals surface area contributed by atoms with E-state index >= 15 is 0 Å². The van der Waals surface area contributed by atoms with Gasteiger partial charge in [-0.2, -0.15) is 5.10 Å². The third kappa shape index (κ3) is 7.24. The second-order valence-corrected chi connectivity index (χ2v) is 11.3. The molecule has 0 aliphatic heterocycles. The van der Waals surface area contributed by atoms with Crippen LogP contribution in [0.15, 0.2) is 59.1 Å². The summed E-state index contributed by atoms with van der Waals surface area (Å²) in [6.07, 6.45) is 1.38. The van der Waals surface area contributed by atoms with E-state index in [0.29, 0.717) is 19.4 Å². The number of thioether (sulfide) groups is 2. The van der Waals surface area contributed by atoms with Crippen LogP contribution in [0.2, 0.25) is 5.02 Å². The molecule has 3 rings (SSSR count). The van der Waals surface area contributed by atoms with E-state index in [9.17, 15) is 9.90 Å². The lowest BCUT2D eigenvalue weighted by Gasteiger charge is -2.03. The summed E-state index contributed by atoms with van der Waals surface area (Å²) in [5, 5.41) is 22.8. The number of carbonyl (C=O) groups excluding carboxylic acids is 1. The Hall–Kier alpha value is -1.11. The van der Waals surface area contributed by atoms with Crippen LogP contribution in [0.25, 0.3) is 0 Å². The molecule has 12 heteroatoms. The average Bonchev–Trinajstić information content (AvgIpc) is 3.17. The molecular weight excluding hydrogens is 596 g/mol. The van der Waals surface area contributed by atoms with Crippen LogP contribution >= 0.6 is 78.3 Å². The molecule has 156 valence electrons. The maximum Gasteiger partial charge on any atom is 0.250 e. The number of phenolic OH excluding ortho intramolecular Hbond substituents is 1. The van der Waals surface area contributed by atoms with Crippen molar-refractivity contribution in [1.82, 2.24) is 15.6 Å². The largest absolute Gasteiger partial charge is 0.506 e. The summed E-state index contributed by atoms with van der Waals surface area (Å²) >= 11 is 16.8. The Morgan fingerprint density at radius 3 is 2.63 bits per heavy atom. The summed E-state index contributed by atoms with van der Waals surface area (Å²) < 4.78 is 2.85. The Labute approximate surface area is 207 Å². The Morgan fingerprint density at radius 1 is 1.20 bits per heavy atom. The Balaban J connectivity index is 1.44. The van der Waals surface area contributed by atoms with Crippen molar-refractivity contribution in [3.8, 4) is 5.75 Å². The van der Waals surface area contributed by atoms with E-state index in [1.165, 1.54) is 29.3 Å². The van der Waals surface area contributed by atoms with Gasteiger partial charge in [-0.15, -0.1) is 10.2 Å². The molecule has 0 spiro atoms. The molecule has 0 saturated carbocycles. The van der Waals surface area contributed by atoms with Crippen molar-refractivity contribution < 1.29 is 9.90 Å². The molecule has 30 heavy (non-hydrogen) atoms. The molecule has 0 fully saturated rings. The summed E-state index contributed by atoms with van der Waals surface area (Å²) in [6.45, 7) is 0. The minimum atomic E-state index is -0.282. The zero-order valence-electron chi connectivity index (χ0n) is 15.0. The number of nitrogens with zero attached hydrogens (tertiary/aromatic N) is 3. The van der Waals surface area contributed by atoms with Crippen LogP contribution in [0.5, 0.6) is 5.75 Å². The molecule has 0 bridgehead atoms. The first-order chi connectivity index (χ1) is 14.4. The van der Waals surface area contributed by atoms with Gasteiger partial charge in [0.25, 0.3) is 5.91 Å². The molecule has 1 amide bonds. The fourth-order valence-corrected chi connectivity index (χ4v) is 6.21. The first-order valence-corrected chi connectivity index (χ1v) is 13.0. The number of benzene rings is 2. The van der Waals surface area contributed by atoms with E-state index in [2.05, 4.69) is 52.6 Å². The number of nitrogens with one attached hydrogen (secondary N) is 1. The molecule has 0 aliphatic rings. The zero-order chi connectivity index (χ0) is 21.5. The van der Waals surface area contributed by atoms with E-state index in [1.54, 1.807) is 23.9 Å². The van der Waals surface area contributed by atoms with Crippen molar-refractivity contribution in [2.75, 3.05) is 5.75 Å². The van der Waals surface area contributed by atoms with Gasteiger partial charge in [0.2, 0.25) is 0 Å². The van der Waals surface area contributed by atoms with Gasteiger partial charge in [0.1, 0.15) is 5.75 Å². The number of aromatic hydroxyl groups is 1. The number of hydrogen-bond donors (Lipinski definition) is 2. The molecule has 0 atom stereocenters. The van der Waals surface area contributed by atoms with Gasteiger partial charge in [0, 0.05) is 20.8 Å². The lowest BCUT2D eigenvalue weighted by molar-refractivity contribution is -0.118. The van der Waals surface area contributed by atoms with E-state index in [0.717, 1.165) is 20.1 Å². The van der Waals surface area contributed by atoms with Crippen molar-refractivity contribution in [3.63, 3.8) is 0 Å². The second-order valence-electron chi connectivity index (χ2n) is 5.66. The van der Waals surface area contributed by atoms with Crippen LogP contribution in [0, 0.1) is 0 Å².